The van der Waals surface area contributed by atoms with Gasteiger partial charge in [-0.15, -0.1) is 11.3 Å². The molecule has 0 unspecified atom stereocenters. The number of rotatable bonds is 9. The zero-order chi connectivity index (χ0) is 22.0. The van der Waals surface area contributed by atoms with Crippen LogP contribution in [0, 0.1) is 5.92 Å². The lowest BCUT2D eigenvalue weighted by atomic mass is 9.96. The molecule has 2 aromatic rings. The van der Waals surface area contributed by atoms with Crippen LogP contribution in [-0.2, 0) is 27.8 Å². The van der Waals surface area contributed by atoms with Crippen LogP contribution in [0.2, 0.25) is 0 Å². The first kappa shape index (κ1) is 22.5. The summed E-state index contributed by atoms with van der Waals surface area (Å²) in [6.07, 6.45) is 3.52. The molecule has 1 atom stereocenters. The molecule has 1 fully saturated rings. The molecule has 4 rings (SSSR count). The van der Waals surface area contributed by atoms with E-state index < -0.39 is 10.0 Å². The molecule has 8 heteroatoms. The van der Waals surface area contributed by atoms with Crippen molar-refractivity contribution < 1.29 is 13.2 Å². The predicted molar refractivity (Wildman–Crippen MR) is 123 cm³/mol. The molecule has 1 amide bonds. The number of fused-ring (bicyclic) bond motifs is 1. The Hall–Kier alpha value is -1.74. The summed E-state index contributed by atoms with van der Waals surface area (Å²) in [4.78, 5) is 16.8. The molecule has 1 aromatic heterocycles. The number of hydrogen-bond donors (Lipinski definition) is 1. The summed E-state index contributed by atoms with van der Waals surface area (Å²) in [5, 5.41) is 5.18. The molecule has 0 spiro atoms. The highest BCUT2D eigenvalue weighted by Gasteiger charge is 2.40. The van der Waals surface area contributed by atoms with Gasteiger partial charge in [-0.05, 0) is 59.9 Å². The summed E-state index contributed by atoms with van der Waals surface area (Å²) in [7, 11) is -3.46. The number of benzene rings is 1. The van der Waals surface area contributed by atoms with Gasteiger partial charge in [-0.3, -0.25) is 9.69 Å². The van der Waals surface area contributed by atoms with Gasteiger partial charge < -0.3 is 5.32 Å². The number of thiophene rings is 1. The number of hydrogen-bond acceptors (Lipinski definition) is 5. The molecule has 1 N–H and O–H groups in total. The second-order valence-electron chi connectivity index (χ2n) is 8.31. The Kier molecular flexibility index (Phi) is 6.81. The van der Waals surface area contributed by atoms with Crippen molar-refractivity contribution in [1.82, 2.24) is 14.5 Å². The number of carbonyl (C=O) groups excluding carboxylic acids is 1. The molecule has 2 aliphatic rings. The quantitative estimate of drug-likeness (QED) is 0.621. The molecule has 6 nitrogen and oxygen atoms in total. The van der Waals surface area contributed by atoms with Crippen LogP contribution in [0.1, 0.15) is 48.7 Å². The zero-order valence-electron chi connectivity index (χ0n) is 18.2. The molecule has 1 aliphatic carbocycles. The van der Waals surface area contributed by atoms with Crippen LogP contribution in [0.4, 0.5) is 0 Å². The molecule has 1 aromatic carbocycles. The fraction of sp³-hybridized carbons (Fsp3) is 0.522. The Morgan fingerprint density at radius 1 is 1.16 bits per heavy atom. The van der Waals surface area contributed by atoms with Crippen LogP contribution < -0.4 is 5.32 Å². The lowest BCUT2D eigenvalue weighted by Gasteiger charge is -2.35. The average molecular weight is 462 g/mol. The molecule has 2 heterocycles. The van der Waals surface area contributed by atoms with Gasteiger partial charge in [-0.25, -0.2) is 8.42 Å². The summed E-state index contributed by atoms with van der Waals surface area (Å²) in [5.41, 5.74) is 2.32. The molecular weight excluding hydrogens is 430 g/mol. The van der Waals surface area contributed by atoms with Crippen molar-refractivity contribution in [2.45, 2.75) is 50.6 Å². The third-order valence-electron chi connectivity index (χ3n) is 6.29. The highest BCUT2D eigenvalue weighted by atomic mass is 32.2. The van der Waals surface area contributed by atoms with Crippen molar-refractivity contribution in [2.75, 3.05) is 26.2 Å². The SMILES string of the molecule is CCN(CC)S(=O)(=O)c1ccc(CNC(=O)CN2CCc3sccc3[C@@H]2C2CC2)cc1. The van der Waals surface area contributed by atoms with Crippen molar-refractivity contribution in [3.8, 4) is 0 Å². The Bertz CT molecular complexity index is 1010. The summed E-state index contributed by atoms with van der Waals surface area (Å²) < 4.78 is 26.6. The fourth-order valence-electron chi connectivity index (χ4n) is 4.47. The third kappa shape index (κ3) is 4.87. The molecule has 1 saturated carbocycles. The van der Waals surface area contributed by atoms with Crippen molar-refractivity contribution in [3.05, 3.63) is 51.7 Å². The minimum atomic E-state index is -3.46. The van der Waals surface area contributed by atoms with Gasteiger partial charge in [0, 0.05) is 37.1 Å². The Morgan fingerprint density at radius 2 is 1.87 bits per heavy atom. The van der Waals surface area contributed by atoms with Gasteiger partial charge >= 0.3 is 0 Å². The van der Waals surface area contributed by atoms with Crippen LogP contribution in [0.25, 0.3) is 0 Å². The van der Waals surface area contributed by atoms with E-state index in [1.54, 1.807) is 24.3 Å². The molecule has 0 bridgehead atoms. The number of carbonyl (C=O) groups is 1. The van der Waals surface area contributed by atoms with Crippen LogP contribution >= 0.6 is 11.3 Å². The summed E-state index contributed by atoms with van der Waals surface area (Å²) in [6, 6.07) is 9.43. The second-order valence-corrected chi connectivity index (χ2v) is 11.3. The van der Waals surface area contributed by atoms with Gasteiger partial charge in [0.05, 0.1) is 11.4 Å². The molecule has 168 valence electrons. The highest BCUT2D eigenvalue weighted by molar-refractivity contribution is 7.89. The summed E-state index contributed by atoms with van der Waals surface area (Å²) in [6.45, 7) is 6.30. The largest absolute Gasteiger partial charge is 0.351 e. The smallest absolute Gasteiger partial charge is 0.243 e. The van der Waals surface area contributed by atoms with E-state index in [4.69, 9.17) is 0 Å². The van der Waals surface area contributed by atoms with Crippen molar-refractivity contribution in [3.63, 3.8) is 0 Å². The number of amides is 1. The van der Waals surface area contributed by atoms with E-state index in [2.05, 4.69) is 21.7 Å². The van der Waals surface area contributed by atoms with Crippen molar-refractivity contribution >= 4 is 27.3 Å². The molecule has 1 aliphatic heterocycles. The second kappa shape index (κ2) is 9.40. The summed E-state index contributed by atoms with van der Waals surface area (Å²) in [5.74, 6) is 0.700. The maximum Gasteiger partial charge on any atom is 0.243 e. The van der Waals surface area contributed by atoms with E-state index in [9.17, 15) is 13.2 Å². The topological polar surface area (TPSA) is 69.7 Å². The predicted octanol–water partition coefficient (Wildman–Crippen LogP) is 3.40. The first-order valence-corrected chi connectivity index (χ1v) is 13.4. The maximum absolute atomic E-state index is 12.7. The van der Waals surface area contributed by atoms with E-state index in [1.165, 1.54) is 27.6 Å². The lowest BCUT2D eigenvalue weighted by Crippen LogP contribution is -2.42. The Morgan fingerprint density at radius 3 is 2.52 bits per heavy atom. The Labute approximate surface area is 189 Å². The molecular formula is C23H31N3O3S2. The van der Waals surface area contributed by atoms with Crippen LogP contribution in [-0.4, -0.2) is 49.7 Å². The van der Waals surface area contributed by atoms with Gasteiger partial charge in [0.1, 0.15) is 0 Å². The van der Waals surface area contributed by atoms with Crippen molar-refractivity contribution in [2.24, 2.45) is 5.92 Å². The minimum absolute atomic E-state index is 0.0177. The lowest BCUT2D eigenvalue weighted by molar-refractivity contribution is -0.123. The minimum Gasteiger partial charge on any atom is -0.351 e. The van der Waals surface area contributed by atoms with Crippen LogP contribution in [0.15, 0.2) is 40.6 Å². The fourth-order valence-corrected chi connectivity index (χ4v) is 6.84. The van der Waals surface area contributed by atoms with Gasteiger partial charge in [-0.2, -0.15) is 4.31 Å². The molecule has 31 heavy (non-hydrogen) atoms. The normalized spacial score (nSPS) is 19.4. The number of nitrogens with zero attached hydrogens (tertiary/aromatic N) is 2. The maximum atomic E-state index is 12.7. The monoisotopic (exact) mass is 461 g/mol. The van der Waals surface area contributed by atoms with E-state index in [1.807, 2.05) is 25.2 Å². The number of sulfonamides is 1. The van der Waals surface area contributed by atoms with Crippen molar-refractivity contribution in [1.29, 1.82) is 0 Å². The van der Waals surface area contributed by atoms with Crippen LogP contribution in [0.3, 0.4) is 0 Å². The Balaban J connectivity index is 1.34. The average Bonchev–Trinajstić information content (AvgIpc) is 3.49. The van der Waals surface area contributed by atoms with E-state index >= 15 is 0 Å². The first-order chi connectivity index (χ1) is 14.9. The molecule has 0 radical (unpaired) electrons. The standard InChI is InChI=1S/C23H31N3O3S2/c1-3-26(4-2)31(28,29)19-9-5-17(6-10-19)15-24-22(27)16-25-13-11-21-20(12-14-30-21)23(25)18-7-8-18/h5-6,9-10,12,14,18,23H,3-4,7-8,11,13,15-16H2,1-2H3,(H,24,27)/t23-/m0/s1. The van der Waals surface area contributed by atoms with E-state index in [-0.39, 0.29) is 5.91 Å². The number of nitrogens with one attached hydrogen (secondary N) is 1. The highest BCUT2D eigenvalue weighted by Crippen LogP contribution is 2.48. The van der Waals surface area contributed by atoms with E-state index in [0.29, 0.717) is 43.0 Å². The van der Waals surface area contributed by atoms with Gasteiger partial charge in [0.25, 0.3) is 0 Å². The third-order valence-corrected chi connectivity index (χ3v) is 9.35. The molecule has 0 saturated heterocycles. The van der Waals surface area contributed by atoms with Gasteiger partial charge in [-0.1, -0.05) is 26.0 Å². The van der Waals surface area contributed by atoms with E-state index in [0.717, 1.165) is 18.5 Å². The van der Waals surface area contributed by atoms with Gasteiger partial charge in [0.2, 0.25) is 15.9 Å². The van der Waals surface area contributed by atoms with Gasteiger partial charge in [0.15, 0.2) is 0 Å². The first-order valence-electron chi connectivity index (χ1n) is 11.1. The summed E-state index contributed by atoms with van der Waals surface area (Å²) >= 11 is 1.84. The van der Waals surface area contributed by atoms with Crippen LogP contribution in [0.5, 0.6) is 0 Å². The zero-order valence-corrected chi connectivity index (χ0v) is 19.8.